The summed E-state index contributed by atoms with van der Waals surface area (Å²) in [5.74, 6) is -0.619. The molecule has 0 amide bonds. The highest BCUT2D eigenvalue weighted by molar-refractivity contribution is 5.64. The average molecular weight is 1350 g/mol. The minimum absolute atomic E-state index is 0.0284. The van der Waals surface area contributed by atoms with Gasteiger partial charge in [-0.15, -0.1) is 0 Å². The third kappa shape index (κ3) is 27.3. The molecule has 4 heterocycles. The van der Waals surface area contributed by atoms with Crippen LogP contribution in [-0.4, -0.2) is 192 Å². The molecule has 0 aromatic heterocycles. The smallest absolute Gasteiger partial charge is 0.311 e. The quantitative estimate of drug-likeness (QED) is 0.0419. The van der Waals surface area contributed by atoms with Crippen molar-refractivity contribution in [1.82, 2.24) is 24.9 Å². The van der Waals surface area contributed by atoms with Crippen LogP contribution in [0.2, 0.25) is 0 Å². The summed E-state index contributed by atoms with van der Waals surface area (Å²) in [7, 11) is 17.2. The van der Waals surface area contributed by atoms with E-state index in [1.54, 1.807) is 26.0 Å². The molecular formula is C70H108F3N13O10. The zero-order chi connectivity index (χ0) is 71.5. The Bertz CT molecular complexity index is 3080. The van der Waals surface area contributed by atoms with Gasteiger partial charge in [-0.25, -0.2) is 8.78 Å². The van der Waals surface area contributed by atoms with Crippen LogP contribution in [0.5, 0.6) is 23.0 Å². The number of nitrogen functional groups attached to an aromatic ring is 2. The van der Waals surface area contributed by atoms with Gasteiger partial charge in [0.2, 0.25) is 5.82 Å². The van der Waals surface area contributed by atoms with Gasteiger partial charge in [-0.2, -0.15) is 4.39 Å². The summed E-state index contributed by atoms with van der Waals surface area (Å²) < 4.78 is 59.6. The second-order valence-electron chi connectivity index (χ2n) is 26.2. The molecule has 4 aliphatic rings. The fourth-order valence-corrected chi connectivity index (χ4v) is 11.2. The van der Waals surface area contributed by atoms with Crippen LogP contribution in [-0.2, 0) is 0 Å². The van der Waals surface area contributed by atoms with Gasteiger partial charge in [0.15, 0.2) is 11.5 Å². The predicted molar refractivity (Wildman–Crippen MR) is 380 cm³/mol. The lowest BCUT2D eigenvalue weighted by Gasteiger charge is -2.36. The van der Waals surface area contributed by atoms with Gasteiger partial charge < -0.3 is 70.0 Å². The average Bonchev–Trinajstić information content (AvgIpc) is 1.03. The molecule has 4 fully saturated rings. The highest BCUT2D eigenvalue weighted by Crippen LogP contribution is 2.36. The molecule has 4 saturated heterocycles. The Balaban J connectivity index is 0.000000251. The zero-order valence-corrected chi connectivity index (χ0v) is 59.4. The van der Waals surface area contributed by atoms with Gasteiger partial charge >= 0.3 is 17.1 Å². The lowest BCUT2D eigenvalue weighted by atomic mass is 10.0. The molecule has 0 unspecified atom stereocenters. The number of nitrogens with two attached hydrogens (primary N) is 2. The summed E-state index contributed by atoms with van der Waals surface area (Å²) in [5, 5.41) is 35.0. The molecule has 0 saturated carbocycles. The molecule has 96 heavy (non-hydrogen) atoms. The monoisotopic (exact) mass is 1350 g/mol. The topological polar surface area (TPSA) is 253 Å². The summed E-state index contributed by atoms with van der Waals surface area (Å²) >= 11 is 0. The van der Waals surface area contributed by atoms with Gasteiger partial charge in [-0.3, -0.25) is 30.3 Å². The van der Waals surface area contributed by atoms with Crippen molar-refractivity contribution in [3.05, 3.63) is 139 Å². The summed E-state index contributed by atoms with van der Waals surface area (Å²) in [4.78, 5) is 46.1. The molecule has 23 nitrogen and oxygen atoms in total. The van der Waals surface area contributed by atoms with Crippen LogP contribution in [0, 0.1) is 47.8 Å². The van der Waals surface area contributed by atoms with E-state index >= 15 is 0 Å². The minimum Gasteiger partial charge on any atom is -0.489 e. The van der Waals surface area contributed by atoms with Gasteiger partial charge in [-0.1, -0.05) is 0 Å². The van der Waals surface area contributed by atoms with E-state index in [1.807, 2.05) is 59.7 Å². The standard InChI is InChI=1S/C16H25N3O3.2C16H27N3O.C9H10FNO3.C7H16N2.C6H3F2NO2/c1-12(2)22-16-11-14(5-6-15(16)19(20)21)18-9-7-13(8-10-18)17(3)4;2*1-12(2)20-16-11-14(5-6-15(16)17)19-9-7-13(8-10-19)18(3)4;1-6(2)14-9-5-7(10)3-4-8(9)11(12)13;1-9(2)7-3-5-8-6-4-7;7-4-1-2-6(9(10)11)5(8)3-4/h5-6,11-13H,7-10H2,1-4H3;2*5-6,11-13H,7-10,17H2,1-4H3;3-6H,1-2H3;7-8H,3-6H2,1-2H3;1-3H. The van der Waals surface area contributed by atoms with Crippen molar-refractivity contribution >= 4 is 45.5 Å². The first-order valence-electron chi connectivity index (χ1n) is 33.1. The number of hydrogen-bond acceptors (Lipinski definition) is 20. The lowest BCUT2D eigenvalue weighted by molar-refractivity contribution is -0.387. The first kappa shape index (κ1) is 80.5. The van der Waals surface area contributed by atoms with Crippen molar-refractivity contribution < 1.29 is 46.9 Å². The van der Waals surface area contributed by atoms with Gasteiger partial charge in [0.05, 0.1) is 50.6 Å². The van der Waals surface area contributed by atoms with Crippen LogP contribution in [0.25, 0.3) is 0 Å². The number of benzene rings is 5. The summed E-state index contributed by atoms with van der Waals surface area (Å²) in [5.41, 5.74) is 15.9. The number of nitrogens with one attached hydrogen (secondary N) is 1. The van der Waals surface area contributed by atoms with Gasteiger partial charge in [0.25, 0.3) is 0 Å². The van der Waals surface area contributed by atoms with E-state index in [0.717, 1.165) is 106 Å². The molecule has 26 heteroatoms. The number of hydrogen-bond donors (Lipinski definition) is 3. The van der Waals surface area contributed by atoms with Crippen LogP contribution in [0.1, 0.15) is 107 Å². The summed E-state index contributed by atoms with van der Waals surface area (Å²) in [6.07, 6.45) is 9.63. The molecule has 5 aromatic carbocycles. The van der Waals surface area contributed by atoms with Crippen molar-refractivity contribution in [2.45, 2.75) is 155 Å². The van der Waals surface area contributed by atoms with E-state index in [0.29, 0.717) is 41.3 Å². The molecule has 9 rings (SSSR count). The predicted octanol–water partition coefficient (Wildman–Crippen LogP) is 12.8. The molecule has 4 aliphatic heterocycles. The molecule has 0 aliphatic carbocycles. The molecule has 0 spiro atoms. The van der Waals surface area contributed by atoms with Crippen molar-refractivity contribution in [3.8, 4) is 23.0 Å². The van der Waals surface area contributed by atoms with Crippen LogP contribution < -0.4 is 50.4 Å². The second kappa shape index (κ2) is 40.0. The van der Waals surface area contributed by atoms with E-state index < -0.39 is 33.0 Å². The number of anilines is 5. The van der Waals surface area contributed by atoms with Crippen molar-refractivity contribution in [3.63, 3.8) is 0 Å². The lowest BCUT2D eigenvalue weighted by Crippen LogP contribution is -2.42. The third-order valence-electron chi connectivity index (χ3n) is 16.5. The Morgan fingerprint density at radius 2 is 0.677 bits per heavy atom. The van der Waals surface area contributed by atoms with Crippen LogP contribution in [0.4, 0.5) is 58.7 Å². The Morgan fingerprint density at radius 1 is 0.406 bits per heavy atom. The molecular weight excluding hydrogens is 1240 g/mol. The minimum atomic E-state index is -1.16. The normalized spacial score (nSPS) is 15.6. The van der Waals surface area contributed by atoms with Gasteiger partial charge in [0, 0.05) is 129 Å². The fraction of sp³-hybridized carbons (Fsp3) is 0.571. The van der Waals surface area contributed by atoms with Crippen molar-refractivity contribution in [1.29, 1.82) is 0 Å². The Kier molecular flexibility index (Phi) is 33.5. The maximum atomic E-state index is 12.8. The zero-order valence-electron chi connectivity index (χ0n) is 59.4. The van der Waals surface area contributed by atoms with Gasteiger partial charge in [-0.05, 0) is 219 Å². The van der Waals surface area contributed by atoms with E-state index in [-0.39, 0.29) is 46.5 Å². The van der Waals surface area contributed by atoms with E-state index in [1.165, 1.54) is 63.0 Å². The largest absolute Gasteiger partial charge is 0.489 e. The molecule has 0 bridgehead atoms. The first-order chi connectivity index (χ1) is 45.2. The number of halogens is 3. The van der Waals surface area contributed by atoms with Gasteiger partial charge in [0.1, 0.15) is 23.1 Å². The highest BCUT2D eigenvalue weighted by atomic mass is 19.1. The van der Waals surface area contributed by atoms with E-state index in [4.69, 9.17) is 30.4 Å². The van der Waals surface area contributed by atoms with Crippen molar-refractivity contribution in [2.75, 3.05) is 135 Å². The molecule has 0 radical (unpaired) electrons. The van der Waals surface area contributed by atoms with E-state index in [9.17, 15) is 43.5 Å². The van der Waals surface area contributed by atoms with E-state index in [2.05, 4.69) is 120 Å². The number of nitrogens with zero attached hydrogens (tertiary/aromatic N) is 10. The summed E-state index contributed by atoms with van der Waals surface area (Å²) in [6, 6.07) is 25.5. The maximum Gasteiger partial charge on any atom is 0.311 e. The number of rotatable bonds is 18. The Labute approximate surface area is 567 Å². The van der Waals surface area contributed by atoms with Crippen LogP contribution in [0.15, 0.2) is 91.0 Å². The fourth-order valence-electron chi connectivity index (χ4n) is 11.2. The maximum absolute atomic E-state index is 12.8. The number of ether oxygens (including phenoxy) is 4. The number of piperidine rings is 4. The molecule has 5 N–H and O–H groups in total. The van der Waals surface area contributed by atoms with Crippen LogP contribution in [0.3, 0.4) is 0 Å². The number of nitro benzene ring substituents is 3. The first-order valence-corrected chi connectivity index (χ1v) is 33.1. The Morgan fingerprint density at radius 3 is 0.979 bits per heavy atom. The number of nitro groups is 3. The molecule has 5 aromatic rings. The highest BCUT2D eigenvalue weighted by Gasteiger charge is 2.26. The third-order valence-corrected chi connectivity index (χ3v) is 16.5. The van der Waals surface area contributed by atoms with Crippen molar-refractivity contribution in [2.24, 2.45) is 0 Å². The molecule has 0 atom stereocenters. The van der Waals surface area contributed by atoms with Crippen LogP contribution >= 0.6 is 0 Å². The summed E-state index contributed by atoms with van der Waals surface area (Å²) in [6.45, 7) is 24.0. The molecule has 534 valence electrons. The Hall–Kier alpha value is -7.91. The SMILES string of the molecule is CC(C)Oc1cc(F)ccc1[N+](=O)[O-].CC(C)Oc1cc(N2CCC(N(C)C)CC2)ccc1N.CC(C)Oc1cc(N2CCC(N(C)C)CC2)ccc1N.CC(C)Oc1cc(N2CCC(N(C)C)CC2)ccc1[N+](=O)[O-].CN(C)C1CCNCC1.O=[N+]([O-])c1ccc(F)cc1F. The second-order valence-corrected chi connectivity index (χ2v) is 26.2.